The highest BCUT2D eigenvalue weighted by molar-refractivity contribution is 5.86. The van der Waals surface area contributed by atoms with E-state index in [1.165, 1.54) is 16.5 Å². The molecule has 0 aromatic heterocycles. The minimum absolute atomic E-state index is 0.170. The molecule has 0 bridgehead atoms. The third-order valence-corrected chi connectivity index (χ3v) is 6.49. The molecule has 0 radical (unpaired) electrons. The molecule has 1 fully saturated rings. The number of fused-ring (bicyclic) bond motifs is 1. The molecule has 0 amide bonds. The molecule has 1 saturated heterocycles. The van der Waals surface area contributed by atoms with Gasteiger partial charge in [-0.1, -0.05) is 103 Å². The van der Waals surface area contributed by atoms with Gasteiger partial charge >= 0.3 is 0 Å². The fraction of sp³-hybridized carbons (Fsp3) is 0.214. The Balaban J connectivity index is 1.52. The smallest absolute Gasteiger partial charge is 0.0932 e. The van der Waals surface area contributed by atoms with Crippen LogP contribution in [0.2, 0.25) is 0 Å². The Morgan fingerprint density at radius 3 is 2.23 bits per heavy atom. The minimum atomic E-state index is -0.839. The van der Waals surface area contributed by atoms with E-state index in [9.17, 15) is 5.11 Å². The fourth-order valence-electron chi connectivity index (χ4n) is 4.92. The molecule has 0 spiro atoms. The first-order valence-electron chi connectivity index (χ1n) is 10.8. The second-order valence-electron chi connectivity index (χ2n) is 8.39. The van der Waals surface area contributed by atoms with Crippen molar-refractivity contribution in [3.63, 3.8) is 0 Å². The number of rotatable bonds is 4. The lowest BCUT2D eigenvalue weighted by Crippen LogP contribution is -2.44. The highest BCUT2D eigenvalue weighted by Gasteiger charge is 2.40. The first-order valence-corrected chi connectivity index (χ1v) is 10.8. The topological polar surface area (TPSA) is 23.5 Å². The number of hydrogen-bond donors (Lipinski definition) is 1. The molecule has 2 atom stereocenters. The first-order chi connectivity index (χ1) is 14.7. The summed E-state index contributed by atoms with van der Waals surface area (Å²) in [4.78, 5) is 2.52. The molecule has 150 valence electrons. The number of likely N-dealkylation sites (tertiary alicyclic amines) is 1. The number of nitrogens with zero attached hydrogens (tertiary/aromatic N) is 1. The molecular formula is C28H27NO. The minimum Gasteiger partial charge on any atom is -0.385 e. The Morgan fingerprint density at radius 2 is 1.43 bits per heavy atom. The second kappa shape index (κ2) is 8.06. The van der Waals surface area contributed by atoms with Crippen LogP contribution in [0.15, 0.2) is 103 Å². The Hall–Kier alpha value is -2.94. The van der Waals surface area contributed by atoms with E-state index in [2.05, 4.69) is 108 Å². The Kier molecular flexibility index (Phi) is 5.12. The van der Waals surface area contributed by atoms with Crippen LogP contribution in [0.5, 0.6) is 0 Å². The molecule has 1 aliphatic heterocycles. The molecule has 1 aliphatic rings. The maximum atomic E-state index is 11.9. The molecular weight excluding hydrogens is 366 g/mol. The molecule has 5 rings (SSSR count). The van der Waals surface area contributed by atoms with Gasteiger partial charge in [0.1, 0.15) is 0 Å². The number of hydrogen-bond acceptors (Lipinski definition) is 2. The van der Waals surface area contributed by atoms with Crippen LogP contribution >= 0.6 is 0 Å². The van der Waals surface area contributed by atoms with Crippen molar-refractivity contribution in [3.8, 4) is 0 Å². The molecule has 2 heteroatoms. The van der Waals surface area contributed by atoms with Gasteiger partial charge in [0, 0.05) is 25.6 Å². The first kappa shape index (κ1) is 19.0. The van der Waals surface area contributed by atoms with Gasteiger partial charge in [-0.15, -0.1) is 0 Å². The Morgan fingerprint density at radius 1 is 0.767 bits per heavy atom. The molecule has 4 aromatic rings. The van der Waals surface area contributed by atoms with Gasteiger partial charge in [-0.2, -0.15) is 0 Å². The quantitative estimate of drug-likeness (QED) is 0.455. The van der Waals surface area contributed by atoms with Crippen molar-refractivity contribution in [2.75, 3.05) is 6.54 Å². The van der Waals surface area contributed by atoms with Gasteiger partial charge in [0.25, 0.3) is 0 Å². The van der Waals surface area contributed by atoms with Crippen molar-refractivity contribution in [2.45, 2.75) is 31.0 Å². The van der Waals surface area contributed by atoms with Crippen molar-refractivity contribution in [1.82, 2.24) is 4.90 Å². The monoisotopic (exact) mass is 393 g/mol. The zero-order valence-electron chi connectivity index (χ0n) is 17.1. The van der Waals surface area contributed by atoms with Crippen LogP contribution in [0.3, 0.4) is 0 Å². The number of aliphatic hydroxyl groups is 1. The van der Waals surface area contributed by atoms with Gasteiger partial charge < -0.3 is 5.11 Å². The molecule has 1 heterocycles. The third kappa shape index (κ3) is 3.65. The standard InChI is InChI=1S/C28H27NO/c30-28(26-17-9-15-23-12-7-8-16-25(23)26)18-19-29(21-22-10-3-1-4-11-22)27(20-28)24-13-5-2-6-14-24/h1-17,27,30H,18-21H2. The van der Waals surface area contributed by atoms with Crippen LogP contribution in [0.4, 0.5) is 0 Å². The molecule has 4 aromatic carbocycles. The van der Waals surface area contributed by atoms with Crippen LogP contribution in [0.25, 0.3) is 10.8 Å². The van der Waals surface area contributed by atoms with Crippen molar-refractivity contribution >= 4 is 10.8 Å². The molecule has 2 nitrogen and oxygen atoms in total. The second-order valence-corrected chi connectivity index (χ2v) is 8.39. The lowest BCUT2D eigenvalue weighted by molar-refractivity contribution is -0.0547. The fourth-order valence-corrected chi connectivity index (χ4v) is 4.92. The molecule has 0 saturated carbocycles. The van der Waals surface area contributed by atoms with Gasteiger partial charge in [0.05, 0.1) is 5.60 Å². The van der Waals surface area contributed by atoms with Crippen LogP contribution in [-0.4, -0.2) is 16.6 Å². The molecule has 30 heavy (non-hydrogen) atoms. The van der Waals surface area contributed by atoms with Crippen LogP contribution in [0, 0.1) is 0 Å². The highest BCUT2D eigenvalue weighted by atomic mass is 16.3. The maximum Gasteiger partial charge on any atom is 0.0932 e. The van der Waals surface area contributed by atoms with Crippen molar-refractivity contribution in [2.24, 2.45) is 0 Å². The third-order valence-electron chi connectivity index (χ3n) is 6.49. The average Bonchev–Trinajstić information content (AvgIpc) is 2.81. The normalized spacial score (nSPS) is 22.2. The van der Waals surface area contributed by atoms with Gasteiger partial charge in [0.2, 0.25) is 0 Å². The van der Waals surface area contributed by atoms with Crippen molar-refractivity contribution < 1.29 is 5.11 Å². The van der Waals surface area contributed by atoms with E-state index in [1.54, 1.807) is 0 Å². The van der Waals surface area contributed by atoms with E-state index >= 15 is 0 Å². The number of benzene rings is 4. The molecule has 1 N–H and O–H groups in total. The lowest BCUT2D eigenvalue weighted by atomic mass is 9.77. The average molecular weight is 394 g/mol. The maximum absolute atomic E-state index is 11.9. The predicted octanol–water partition coefficient (Wildman–Crippen LogP) is 6.06. The Labute approximate surface area is 178 Å². The molecule has 2 unspecified atom stereocenters. The van der Waals surface area contributed by atoms with Gasteiger partial charge in [0.15, 0.2) is 0 Å². The van der Waals surface area contributed by atoms with Gasteiger partial charge in [-0.3, -0.25) is 4.90 Å². The zero-order valence-corrected chi connectivity index (χ0v) is 17.1. The zero-order chi connectivity index (χ0) is 20.4. The summed E-state index contributed by atoms with van der Waals surface area (Å²) >= 11 is 0. The van der Waals surface area contributed by atoms with Crippen LogP contribution in [-0.2, 0) is 12.1 Å². The lowest BCUT2D eigenvalue weighted by Gasteiger charge is -2.45. The van der Waals surface area contributed by atoms with E-state index in [0.717, 1.165) is 30.5 Å². The summed E-state index contributed by atoms with van der Waals surface area (Å²) in [5, 5.41) is 14.3. The summed E-state index contributed by atoms with van der Waals surface area (Å²) in [5.41, 5.74) is 2.80. The van der Waals surface area contributed by atoms with Crippen molar-refractivity contribution in [3.05, 3.63) is 120 Å². The van der Waals surface area contributed by atoms with E-state index in [-0.39, 0.29) is 6.04 Å². The van der Waals surface area contributed by atoms with E-state index in [1.807, 2.05) is 0 Å². The molecule has 0 aliphatic carbocycles. The van der Waals surface area contributed by atoms with E-state index < -0.39 is 5.60 Å². The summed E-state index contributed by atoms with van der Waals surface area (Å²) in [6.45, 7) is 1.75. The summed E-state index contributed by atoms with van der Waals surface area (Å²) in [6, 6.07) is 36.1. The largest absolute Gasteiger partial charge is 0.385 e. The summed E-state index contributed by atoms with van der Waals surface area (Å²) in [7, 11) is 0. The van der Waals surface area contributed by atoms with Gasteiger partial charge in [-0.25, -0.2) is 0 Å². The van der Waals surface area contributed by atoms with E-state index in [0.29, 0.717) is 6.42 Å². The summed E-state index contributed by atoms with van der Waals surface area (Å²) < 4.78 is 0. The Bertz CT molecular complexity index is 1120. The van der Waals surface area contributed by atoms with Crippen LogP contribution < -0.4 is 0 Å². The van der Waals surface area contributed by atoms with E-state index in [4.69, 9.17) is 0 Å². The SMILES string of the molecule is OC1(c2cccc3ccccc23)CCN(Cc2ccccc2)C(c2ccccc2)C1. The van der Waals surface area contributed by atoms with Crippen molar-refractivity contribution in [1.29, 1.82) is 0 Å². The highest BCUT2D eigenvalue weighted by Crippen LogP contribution is 2.44. The van der Waals surface area contributed by atoms with Crippen LogP contribution in [0.1, 0.15) is 35.6 Å². The van der Waals surface area contributed by atoms with Gasteiger partial charge in [-0.05, 0) is 33.9 Å². The summed E-state index contributed by atoms with van der Waals surface area (Å²) in [6.07, 6.45) is 1.43. The predicted molar refractivity (Wildman–Crippen MR) is 123 cm³/mol. The number of piperidine rings is 1. The summed E-state index contributed by atoms with van der Waals surface area (Å²) in [5.74, 6) is 0.